The fraction of sp³-hybridized carbons (Fsp3) is 0.429. The Bertz CT molecular complexity index is 982. The maximum absolute atomic E-state index is 12.7. The molecule has 5 atom stereocenters. The number of primary amides is 1. The number of hydrogen-bond donors (Lipinski definition) is 9. The molecule has 198 valence electrons. The quantitative estimate of drug-likeness (QED) is 0.118. The summed E-state index contributed by atoms with van der Waals surface area (Å²) in [6.45, 7) is 1.12. The molecule has 0 radical (unpaired) electrons. The Morgan fingerprint density at radius 2 is 1.42 bits per heavy atom. The number of carbonyl (C=O) groups is 6. The molecule has 0 heterocycles. The maximum Gasteiger partial charge on any atom is 0.326 e. The van der Waals surface area contributed by atoms with E-state index in [0.29, 0.717) is 5.56 Å². The van der Waals surface area contributed by atoms with E-state index < -0.39 is 78.7 Å². The number of carboxylic acid groups (broad SMARTS) is 2. The van der Waals surface area contributed by atoms with Crippen LogP contribution < -0.4 is 27.4 Å². The number of benzene rings is 1. The highest BCUT2D eigenvalue weighted by Gasteiger charge is 2.33. The second kappa shape index (κ2) is 13.6. The predicted octanol–water partition coefficient (Wildman–Crippen LogP) is -3.47. The first-order chi connectivity index (χ1) is 16.7. The minimum absolute atomic E-state index is 0.0532. The summed E-state index contributed by atoms with van der Waals surface area (Å²) in [7, 11) is 0. The predicted molar refractivity (Wildman–Crippen MR) is 121 cm³/mol. The summed E-state index contributed by atoms with van der Waals surface area (Å²) in [5.41, 5.74) is 11.0. The number of aliphatic hydroxyl groups is 1. The van der Waals surface area contributed by atoms with Gasteiger partial charge in [-0.2, -0.15) is 0 Å². The molecule has 0 fully saturated rings. The summed E-state index contributed by atoms with van der Waals surface area (Å²) < 4.78 is 0. The van der Waals surface area contributed by atoms with Crippen molar-refractivity contribution < 1.29 is 49.2 Å². The van der Waals surface area contributed by atoms with Crippen molar-refractivity contribution in [1.82, 2.24) is 16.0 Å². The number of phenolic OH excluding ortho intramolecular Hbond substituents is 1. The van der Waals surface area contributed by atoms with E-state index >= 15 is 0 Å². The average molecular weight is 511 g/mol. The van der Waals surface area contributed by atoms with E-state index in [9.17, 15) is 44.1 Å². The van der Waals surface area contributed by atoms with Gasteiger partial charge in [0, 0.05) is 6.42 Å². The van der Waals surface area contributed by atoms with E-state index in [1.807, 2.05) is 0 Å². The van der Waals surface area contributed by atoms with Crippen LogP contribution in [-0.2, 0) is 35.2 Å². The number of aliphatic carboxylic acids is 2. The van der Waals surface area contributed by atoms with Crippen LogP contribution in [0.25, 0.3) is 0 Å². The lowest BCUT2D eigenvalue weighted by atomic mass is 10.0. The maximum atomic E-state index is 12.7. The van der Waals surface area contributed by atoms with Crippen molar-refractivity contribution in [2.45, 2.75) is 56.5 Å². The van der Waals surface area contributed by atoms with Gasteiger partial charge in [-0.3, -0.25) is 24.0 Å². The van der Waals surface area contributed by atoms with E-state index in [4.69, 9.17) is 16.6 Å². The van der Waals surface area contributed by atoms with Gasteiger partial charge >= 0.3 is 11.9 Å². The summed E-state index contributed by atoms with van der Waals surface area (Å²) >= 11 is 0. The Labute approximate surface area is 204 Å². The molecule has 0 aliphatic carbocycles. The summed E-state index contributed by atoms with van der Waals surface area (Å²) in [6, 6.07) is -0.905. The van der Waals surface area contributed by atoms with Crippen LogP contribution in [0.15, 0.2) is 24.3 Å². The van der Waals surface area contributed by atoms with Gasteiger partial charge < -0.3 is 47.8 Å². The highest BCUT2D eigenvalue weighted by molar-refractivity contribution is 5.96. The number of nitrogens with one attached hydrogen (secondary N) is 3. The Morgan fingerprint density at radius 1 is 0.861 bits per heavy atom. The molecule has 1 aromatic carbocycles. The fourth-order valence-electron chi connectivity index (χ4n) is 2.96. The van der Waals surface area contributed by atoms with Crippen LogP contribution in [0.5, 0.6) is 5.75 Å². The standard InChI is InChI=1S/C21H29N5O10/c1-9(27)17(26-18(32)12(22)7-16(30)31)20(34)24-13(8-15(23)29)19(33)25-14(21(35)36)6-10-2-4-11(28)5-3-10/h2-5,9,12-14,17,27-28H,6-8,22H2,1H3,(H2,23,29)(H,24,34)(H,25,33)(H,26,32)(H,30,31)(H,35,36). The minimum Gasteiger partial charge on any atom is -0.508 e. The van der Waals surface area contributed by atoms with E-state index in [1.54, 1.807) is 0 Å². The van der Waals surface area contributed by atoms with Crippen LogP contribution in [0.2, 0.25) is 0 Å². The second-order valence-electron chi connectivity index (χ2n) is 7.93. The molecule has 11 N–H and O–H groups in total. The van der Waals surface area contributed by atoms with Crippen molar-refractivity contribution in [3.05, 3.63) is 29.8 Å². The number of amides is 4. The smallest absolute Gasteiger partial charge is 0.326 e. The second-order valence-corrected chi connectivity index (χ2v) is 7.93. The van der Waals surface area contributed by atoms with Crippen molar-refractivity contribution in [3.63, 3.8) is 0 Å². The van der Waals surface area contributed by atoms with Crippen molar-refractivity contribution >= 4 is 35.6 Å². The number of nitrogens with two attached hydrogens (primary N) is 2. The summed E-state index contributed by atoms with van der Waals surface area (Å²) in [6.07, 6.45) is -3.25. The Morgan fingerprint density at radius 3 is 1.89 bits per heavy atom. The molecule has 0 saturated carbocycles. The third-order valence-electron chi connectivity index (χ3n) is 4.82. The molecule has 0 aromatic heterocycles. The Hall–Kier alpha value is -4.24. The fourth-order valence-corrected chi connectivity index (χ4v) is 2.96. The minimum atomic E-state index is -1.70. The SMILES string of the molecule is CC(O)C(NC(=O)C(N)CC(=O)O)C(=O)NC(CC(N)=O)C(=O)NC(Cc1ccc(O)cc1)C(=O)O. The van der Waals surface area contributed by atoms with Crippen LogP contribution in [-0.4, -0.2) is 86.3 Å². The number of carboxylic acids is 2. The van der Waals surface area contributed by atoms with Gasteiger partial charge in [0.1, 0.15) is 23.9 Å². The van der Waals surface area contributed by atoms with Crippen molar-refractivity contribution in [3.8, 4) is 5.75 Å². The highest BCUT2D eigenvalue weighted by Crippen LogP contribution is 2.12. The zero-order chi connectivity index (χ0) is 27.6. The van der Waals surface area contributed by atoms with Gasteiger partial charge in [-0.25, -0.2) is 4.79 Å². The van der Waals surface area contributed by atoms with Crippen molar-refractivity contribution in [2.75, 3.05) is 0 Å². The third-order valence-corrected chi connectivity index (χ3v) is 4.82. The summed E-state index contributed by atoms with van der Waals surface area (Å²) in [5, 5.41) is 43.8. The molecule has 0 bridgehead atoms. The lowest BCUT2D eigenvalue weighted by molar-refractivity contribution is -0.142. The molecule has 36 heavy (non-hydrogen) atoms. The molecule has 1 aromatic rings. The average Bonchev–Trinajstić information content (AvgIpc) is 2.76. The zero-order valence-electron chi connectivity index (χ0n) is 19.2. The van der Waals surface area contributed by atoms with Crippen LogP contribution in [0, 0.1) is 0 Å². The first-order valence-electron chi connectivity index (χ1n) is 10.6. The molecule has 0 spiro atoms. The van der Waals surface area contributed by atoms with Crippen molar-refractivity contribution in [1.29, 1.82) is 0 Å². The summed E-state index contributed by atoms with van der Waals surface area (Å²) in [4.78, 5) is 71.4. The highest BCUT2D eigenvalue weighted by atomic mass is 16.4. The molecule has 0 aliphatic rings. The number of hydrogen-bond acceptors (Lipinski definition) is 9. The Balaban J connectivity index is 3.00. The molecule has 0 aliphatic heterocycles. The number of carbonyl (C=O) groups excluding carboxylic acids is 4. The van der Waals surface area contributed by atoms with Gasteiger partial charge in [0.05, 0.1) is 25.0 Å². The lowest BCUT2D eigenvalue weighted by Gasteiger charge is -2.26. The first-order valence-corrected chi connectivity index (χ1v) is 10.6. The van der Waals surface area contributed by atoms with Gasteiger partial charge in [0.15, 0.2) is 0 Å². The molecule has 15 nitrogen and oxygen atoms in total. The van der Waals surface area contributed by atoms with Gasteiger partial charge in [-0.05, 0) is 24.6 Å². The molecule has 0 saturated heterocycles. The summed E-state index contributed by atoms with van der Waals surface area (Å²) in [5.74, 6) is -7.20. The normalized spacial score (nSPS) is 14.9. The van der Waals surface area contributed by atoms with Gasteiger partial charge in [-0.15, -0.1) is 0 Å². The van der Waals surface area contributed by atoms with E-state index in [0.717, 1.165) is 6.92 Å². The van der Waals surface area contributed by atoms with E-state index in [2.05, 4.69) is 16.0 Å². The topological polar surface area (TPSA) is 271 Å². The first kappa shape index (κ1) is 29.8. The monoisotopic (exact) mass is 511 g/mol. The van der Waals surface area contributed by atoms with Crippen molar-refractivity contribution in [2.24, 2.45) is 11.5 Å². The molecular weight excluding hydrogens is 482 g/mol. The lowest BCUT2D eigenvalue weighted by Crippen LogP contribution is -2.60. The van der Waals surface area contributed by atoms with Crippen LogP contribution >= 0.6 is 0 Å². The third kappa shape index (κ3) is 9.94. The molecular formula is C21H29N5O10. The van der Waals surface area contributed by atoms with Gasteiger partial charge in [0.25, 0.3) is 0 Å². The van der Waals surface area contributed by atoms with Gasteiger partial charge in [-0.1, -0.05) is 12.1 Å². The molecule has 1 rings (SSSR count). The molecule has 15 heteroatoms. The van der Waals surface area contributed by atoms with E-state index in [1.165, 1.54) is 24.3 Å². The zero-order valence-corrected chi connectivity index (χ0v) is 19.2. The van der Waals surface area contributed by atoms with Crippen LogP contribution in [0.1, 0.15) is 25.3 Å². The number of aromatic hydroxyl groups is 1. The molecule has 4 amide bonds. The number of rotatable bonds is 14. The Kier molecular flexibility index (Phi) is 11.3. The van der Waals surface area contributed by atoms with Crippen LogP contribution in [0.3, 0.4) is 0 Å². The van der Waals surface area contributed by atoms with Gasteiger partial charge in [0.2, 0.25) is 23.6 Å². The molecule has 5 unspecified atom stereocenters. The van der Waals surface area contributed by atoms with Crippen LogP contribution in [0.4, 0.5) is 0 Å². The van der Waals surface area contributed by atoms with E-state index in [-0.39, 0.29) is 12.2 Å². The number of phenols is 1. The number of aliphatic hydroxyl groups excluding tert-OH is 1. The largest absolute Gasteiger partial charge is 0.508 e.